The number of hydrogen-bond acceptors (Lipinski definition) is 2. The molecular weight excluding hydrogens is 305 g/mol. The number of pyridine rings is 1. The molecule has 0 N–H and O–H groups in total. The van der Waals surface area contributed by atoms with Gasteiger partial charge in [-0.15, -0.1) is 11.6 Å². The lowest BCUT2D eigenvalue weighted by molar-refractivity contribution is 0.733. The average Bonchev–Trinajstić information content (AvgIpc) is 2.79. The highest BCUT2D eigenvalue weighted by Gasteiger charge is 2.12. The van der Waals surface area contributed by atoms with Crippen molar-refractivity contribution in [3.63, 3.8) is 0 Å². The lowest BCUT2D eigenvalue weighted by Crippen LogP contribution is -2.08. The molecule has 21 heavy (non-hydrogen) atoms. The summed E-state index contributed by atoms with van der Waals surface area (Å²) in [6.45, 7) is 2.76. The van der Waals surface area contributed by atoms with E-state index in [4.69, 9.17) is 23.2 Å². The van der Waals surface area contributed by atoms with Gasteiger partial charge in [0, 0.05) is 23.5 Å². The molecule has 0 fully saturated rings. The van der Waals surface area contributed by atoms with E-state index in [0.29, 0.717) is 17.4 Å². The van der Waals surface area contributed by atoms with Crippen LogP contribution in [0.15, 0.2) is 36.5 Å². The Hall–Kier alpha value is -1.58. The summed E-state index contributed by atoms with van der Waals surface area (Å²) in [4.78, 5) is 9.13. The molecule has 0 aliphatic heterocycles. The molecular formula is C16H15Cl2N3. The van der Waals surface area contributed by atoms with Crippen molar-refractivity contribution in [2.75, 3.05) is 5.88 Å². The predicted molar refractivity (Wildman–Crippen MR) is 87.2 cm³/mol. The molecule has 0 unspecified atom stereocenters. The molecule has 108 valence electrons. The van der Waals surface area contributed by atoms with Crippen LogP contribution in [0.3, 0.4) is 0 Å². The Morgan fingerprint density at radius 3 is 2.86 bits per heavy atom. The smallest absolute Gasteiger partial charge is 0.111 e. The SMILES string of the molecule is Cc1cccnc1Cn1c(CCCl)nc2cc(Cl)ccc21. The van der Waals surface area contributed by atoms with Crippen molar-refractivity contribution in [3.8, 4) is 0 Å². The lowest BCUT2D eigenvalue weighted by Gasteiger charge is -2.10. The summed E-state index contributed by atoms with van der Waals surface area (Å²) < 4.78 is 2.17. The molecule has 0 spiro atoms. The van der Waals surface area contributed by atoms with Gasteiger partial charge in [-0.05, 0) is 36.8 Å². The molecule has 5 heteroatoms. The molecule has 3 rings (SSSR count). The third-order valence-electron chi connectivity index (χ3n) is 3.53. The number of aromatic nitrogens is 3. The first-order chi connectivity index (χ1) is 10.2. The van der Waals surface area contributed by atoms with Crippen molar-refractivity contribution >= 4 is 34.2 Å². The van der Waals surface area contributed by atoms with Crippen molar-refractivity contribution in [1.82, 2.24) is 14.5 Å². The molecule has 0 amide bonds. The van der Waals surface area contributed by atoms with E-state index in [1.165, 1.54) is 5.56 Å². The predicted octanol–water partition coefficient (Wildman–Crippen LogP) is 4.22. The van der Waals surface area contributed by atoms with Crippen molar-refractivity contribution in [1.29, 1.82) is 0 Å². The summed E-state index contributed by atoms with van der Waals surface area (Å²) in [6.07, 6.45) is 2.54. The van der Waals surface area contributed by atoms with Crippen LogP contribution in [0.1, 0.15) is 17.1 Å². The van der Waals surface area contributed by atoms with Crippen LogP contribution in [0.4, 0.5) is 0 Å². The van der Waals surface area contributed by atoms with Gasteiger partial charge in [0.2, 0.25) is 0 Å². The van der Waals surface area contributed by atoms with Gasteiger partial charge in [-0.1, -0.05) is 17.7 Å². The van der Waals surface area contributed by atoms with E-state index in [9.17, 15) is 0 Å². The highest BCUT2D eigenvalue weighted by Crippen LogP contribution is 2.22. The first-order valence-corrected chi connectivity index (χ1v) is 7.71. The van der Waals surface area contributed by atoms with Gasteiger partial charge in [-0.25, -0.2) is 4.98 Å². The van der Waals surface area contributed by atoms with Gasteiger partial charge in [0.1, 0.15) is 5.82 Å². The van der Waals surface area contributed by atoms with Crippen molar-refractivity contribution in [3.05, 3.63) is 58.6 Å². The molecule has 2 aromatic heterocycles. The van der Waals surface area contributed by atoms with E-state index in [0.717, 1.165) is 29.0 Å². The molecule has 3 nitrogen and oxygen atoms in total. The van der Waals surface area contributed by atoms with Crippen molar-refractivity contribution in [2.24, 2.45) is 0 Å². The maximum absolute atomic E-state index is 6.06. The molecule has 0 atom stereocenters. The molecule has 0 saturated heterocycles. The van der Waals surface area contributed by atoms with Gasteiger partial charge in [0.25, 0.3) is 0 Å². The molecule has 0 saturated carbocycles. The summed E-state index contributed by atoms with van der Waals surface area (Å²) in [5, 5.41) is 0.693. The molecule has 3 aromatic rings. The average molecular weight is 320 g/mol. The summed E-state index contributed by atoms with van der Waals surface area (Å²) in [6, 6.07) is 9.79. The summed E-state index contributed by atoms with van der Waals surface area (Å²) >= 11 is 12.0. The van der Waals surface area contributed by atoms with Crippen LogP contribution in [0, 0.1) is 6.92 Å². The fraction of sp³-hybridized carbons (Fsp3) is 0.250. The minimum atomic E-state index is 0.540. The zero-order valence-electron chi connectivity index (χ0n) is 11.7. The van der Waals surface area contributed by atoms with E-state index in [1.54, 1.807) is 0 Å². The Morgan fingerprint density at radius 2 is 2.10 bits per heavy atom. The first-order valence-electron chi connectivity index (χ1n) is 6.80. The fourth-order valence-electron chi connectivity index (χ4n) is 2.44. The second-order valence-electron chi connectivity index (χ2n) is 4.95. The molecule has 0 aliphatic rings. The maximum Gasteiger partial charge on any atom is 0.111 e. The van der Waals surface area contributed by atoms with Crippen LogP contribution in [-0.2, 0) is 13.0 Å². The molecule has 0 radical (unpaired) electrons. The highest BCUT2D eigenvalue weighted by atomic mass is 35.5. The Balaban J connectivity index is 2.11. The fourth-order valence-corrected chi connectivity index (χ4v) is 2.77. The lowest BCUT2D eigenvalue weighted by atomic mass is 10.2. The maximum atomic E-state index is 6.06. The number of aryl methyl sites for hydroxylation is 2. The quantitative estimate of drug-likeness (QED) is 0.674. The summed E-state index contributed by atoms with van der Waals surface area (Å²) in [5.74, 6) is 1.51. The number of nitrogens with zero attached hydrogens (tertiary/aromatic N) is 3. The van der Waals surface area contributed by atoms with Crippen LogP contribution >= 0.6 is 23.2 Å². The number of halogens is 2. The number of rotatable bonds is 4. The largest absolute Gasteiger partial charge is 0.322 e. The Morgan fingerprint density at radius 1 is 1.24 bits per heavy atom. The zero-order valence-corrected chi connectivity index (χ0v) is 13.2. The Labute approximate surface area is 133 Å². The van der Waals surface area contributed by atoms with Crippen molar-refractivity contribution in [2.45, 2.75) is 19.9 Å². The van der Waals surface area contributed by atoms with E-state index in [1.807, 2.05) is 30.5 Å². The van der Waals surface area contributed by atoms with Crippen LogP contribution in [0.2, 0.25) is 5.02 Å². The van der Waals surface area contributed by atoms with Gasteiger partial charge in [0.05, 0.1) is 23.3 Å². The zero-order chi connectivity index (χ0) is 14.8. The van der Waals surface area contributed by atoms with Crippen LogP contribution in [0.5, 0.6) is 0 Å². The number of benzene rings is 1. The standard InChI is InChI=1S/C16H15Cl2N3/c1-11-3-2-8-19-14(11)10-21-15-5-4-12(18)9-13(15)20-16(21)6-7-17/h2-5,8-9H,6-7,10H2,1H3. The normalized spacial score (nSPS) is 11.2. The second kappa shape index (κ2) is 6.04. The molecule has 0 bridgehead atoms. The van der Waals surface area contributed by atoms with Gasteiger partial charge in [-0.3, -0.25) is 4.98 Å². The van der Waals surface area contributed by atoms with Crippen LogP contribution < -0.4 is 0 Å². The molecule has 2 heterocycles. The van der Waals surface area contributed by atoms with E-state index >= 15 is 0 Å². The first kappa shape index (κ1) is 14.4. The van der Waals surface area contributed by atoms with Crippen molar-refractivity contribution < 1.29 is 0 Å². The Kier molecular flexibility index (Phi) is 4.13. The number of alkyl halides is 1. The summed E-state index contributed by atoms with van der Waals surface area (Å²) in [5.41, 5.74) is 4.17. The number of imidazole rings is 1. The monoisotopic (exact) mass is 319 g/mol. The van der Waals surface area contributed by atoms with E-state index in [2.05, 4.69) is 27.5 Å². The van der Waals surface area contributed by atoms with Gasteiger partial charge < -0.3 is 4.57 Å². The minimum Gasteiger partial charge on any atom is -0.322 e. The Bertz CT molecular complexity index is 780. The summed E-state index contributed by atoms with van der Waals surface area (Å²) in [7, 11) is 0. The third kappa shape index (κ3) is 2.89. The van der Waals surface area contributed by atoms with Gasteiger partial charge in [0.15, 0.2) is 0 Å². The van der Waals surface area contributed by atoms with Crippen LogP contribution in [0.25, 0.3) is 11.0 Å². The van der Waals surface area contributed by atoms with Gasteiger partial charge in [-0.2, -0.15) is 0 Å². The third-order valence-corrected chi connectivity index (χ3v) is 3.96. The second-order valence-corrected chi connectivity index (χ2v) is 5.77. The van der Waals surface area contributed by atoms with E-state index in [-0.39, 0.29) is 0 Å². The topological polar surface area (TPSA) is 30.7 Å². The minimum absolute atomic E-state index is 0.540. The molecule has 0 aliphatic carbocycles. The highest BCUT2D eigenvalue weighted by molar-refractivity contribution is 6.31. The van der Waals surface area contributed by atoms with E-state index < -0.39 is 0 Å². The van der Waals surface area contributed by atoms with Crippen LogP contribution in [-0.4, -0.2) is 20.4 Å². The number of hydrogen-bond donors (Lipinski definition) is 0. The van der Waals surface area contributed by atoms with Gasteiger partial charge >= 0.3 is 0 Å². The number of fused-ring (bicyclic) bond motifs is 1. The molecule has 1 aromatic carbocycles.